The Morgan fingerprint density at radius 2 is 2.25 bits per heavy atom. The predicted octanol–water partition coefficient (Wildman–Crippen LogP) is 0.983. The zero-order valence-corrected chi connectivity index (χ0v) is 10.6. The van der Waals surface area contributed by atoms with E-state index in [1.165, 1.54) is 18.3 Å². The number of sulfonamides is 1. The summed E-state index contributed by atoms with van der Waals surface area (Å²) < 4.78 is 23.9. The first-order valence-corrected chi connectivity index (χ1v) is 7.27. The van der Waals surface area contributed by atoms with Gasteiger partial charge in [-0.1, -0.05) is 6.07 Å². The van der Waals surface area contributed by atoms with Gasteiger partial charge in [0.15, 0.2) is 0 Å². The Hall–Kier alpha value is -0.920. The molecule has 1 aromatic heterocycles. The van der Waals surface area contributed by atoms with Crippen LogP contribution in [0.1, 0.15) is 11.8 Å². The van der Waals surface area contributed by atoms with Gasteiger partial charge >= 0.3 is 5.97 Å². The number of carboxylic acid groups (broad SMARTS) is 1. The van der Waals surface area contributed by atoms with Gasteiger partial charge in [0.05, 0.1) is 6.26 Å². The van der Waals surface area contributed by atoms with Crippen molar-refractivity contribution in [2.75, 3.05) is 6.26 Å². The molecule has 0 saturated heterocycles. The van der Waals surface area contributed by atoms with Crippen molar-refractivity contribution in [3.63, 3.8) is 0 Å². The Morgan fingerprint density at radius 3 is 2.62 bits per heavy atom. The van der Waals surface area contributed by atoms with Gasteiger partial charge in [-0.05, 0) is 18.4 Å². The minimum absolute atomic E-state index is 0.101. The molecule has 0 aliphatic heterocycles. The van der Waals surface area contributed by atoms with Gasteiger partial charge in [0.2, 0.25) is 10.0 Å². The number of thiophene rings is 1. The van der Waals surface area contributed by atoms with E-state index in [2.05, 4.69) is 0 Å². The van der Waals surface area contributed by atoms with Crippen LogP contribution in [0.15, 0.2) is 17.5 Å². The quantitative estimate of drug-likeness (QED) is 0.859. The Labute approximate surface area is 98.4 Å². The molecule has 0 aromatic carbocycles. The highest BCUT2D eigenvalue weighted by Crippen LogP contribution is 2.16. The van der Waals surface area contributed by atoms with Crippen LogP contribution >= 0.6 is 11.3 Å². The van der Waals surface area contributed by atoms with Crippen molar-refractivity contribution in [2.45, 2.75) is 19.5 Å². The third kappa shape index (κ3) is 3.29. The third-order valence-corrected chi connectivity index (χ3v) is 4.27. The topological polar surface area (TPSA) is 74.7 Å². The maximum absolute atomic E-state index is 11.5. The molecule has 1 aromatic rings. The summed E-state index contributed by atoms with van der Waals surface area (Å²) in [5.74, 6) is -1.15. The average molecular weight is 263 g/mol. The summed E-state index contributed by atoms with van der Waals surface area (Å²) in [5.41, 5.74) is 0. The molecule has 90 valence electrons. The molecular weight excluding hydrogens is 250 g/mol. The highest BCUT2D eigenvalue weighted by Gasteiger charge is 2.28. The van der Waals surface area contributed by atoms with Crippen LogP contribution in [-0.4, -0.2) is 36.1 Å². The third-order valence-electron chi connectivity index (χ3n) is 2.11. The molecule has 5 nitrogen and oxygen atoms in total. The van der Waals surface area contributed by atoms with Crippen LogP contribution in [0.3, 0.4) is 0 Å². The monoisotopic (exact) mass is 263 g/mol. The maximum atomic E-state index is 11.5. The number of carboxylic acids is 1. The molecule has 0 bridgehead atoms. The summed E-state index contributed by atoms with van der Waals surface area (Å²) in [6.45, 7) is 1.46. The number of nitrogens with zero attached hydrogens (tertiary/aromatic N) is 1. The summed E-state index contributed by atoms with van der Waals surface area (Å²) >= 11 is 1.40. The molecule has 1 atom stereocenters. The Morgan fingerprint density at radius 1 is 1.62 bits per heavy atom. The maximum Gasteiger partial charge on any atom is 0.321 e. The molecule has 0 saturated carbocycles. The fourth-order valence-corrected chi connectivity index (χ4v) is 3.04. The zero-order valence-electron chi connectivity index (χ0n) is 8.95. The summed E-state index contributed by atoms with van der Waals surface area (Å²) in [7, 11) is -3.53. The summed E-state index contributed by atoms with van der Waals surface area (Å²) in [6.07, 6.45) is 1.01. The van der Waals surface area contributed by atoms with Crippen molar-refractivity contribution in [3.8, 4) is 0 Å². The summed E-state index contributed by atoms with van der Waals surface area (Å²) in [6, 6.07) is 2.51. The van der Waals surface area contributed by atoms with Crippen LogP contribution in [0.5, 0.6) is 0 Å². The van der Waals surface area contributed by atoms with Crippen LogP contribution in [-0.2, 0) is 21.4 Å². The summed E-state index contributed by atoms with van der Waals surface area (Å²) in [5, 5.41) is 10.7. The van der Waals surface area contributed by atoms with Crippen LogP contribution in [0.2, 0.25) is 0 Å². The van der Waals surface area contributed by atoms with Gasteiger partial charge < -0.3 is 5.11 Å². The van der Waals surface area contributed by atoms with Gasteiger partial charge in [0.1, 0.15) is 6.04 Å². The smallest absolute Gasteiger partial charge is 0.321 e. The Kier molecular flexibility index (Phi) is 4.06. The first-order valence-electron chi connectivity index (χ1n) is 4.54. The number of aliphatic carboxylic acids is 1. The molecule has 1 unspecified atom stereocenters. The molecular formula is C9H13NO4S2. The zero-order chi connectivity index (χ0) is 12.3. The predicted molar refractivity (Wildman–Crippen MR) is 61.8 cm³/mol. The standard InChI is InChI=1S/C9H13NO4S2/c1-7(9(11)12)10(16(2,13)14)6-8-4-3-5-15-8/h3-5,7H,6H2,1-2H3,(H,11,12). The van der Waals surface area contributed by atoms with Crippen LogP contribution in [0.4, 0.5) is 0 Å². The lowest BCUT2D eigenvalue weighted by atomic mass is 10.3. The molecule has 0 amide bonds. The van der Waals surface area contributed by atoms with Crippen molar-refractivity contribution in [1.29, 1.82) is 0 Å². The average Bonchev–Trinajstić information content (AvgIpc) is 2.63. The van der Waals surface area contributed by atoms with Crippen LogP contribution in [0, 0.1) is 0 Å². The number of rotatable bonds is 5. The van der Waals surface area contributed by atoms with Crippen LogP contribution in [0.25, 0.3) is 0 Å². The minimum Gasteiger partial charge on any atom is -0.480 e. The van der Waals surface area contributed by atoms with E-state index < -0.39 is 22.0 Å². The first-order chi connectivity index (χ1) is 7.32. The second kappa shape index (κ2) is 4.94. The van der Waals surface area contributed by atoms with Gasteiger partial charge in [0.25, 0.3) is 0 Å². The number of carbonyl (C=O) groups is 1. The van der Waals surface area contributed by atoms with E-state index in [0.29, 0.717) is 0 Å². The lowest BCUT2D eigenvalue weighted by Gasteiger charge is -2.23. The van der Waals surface area contributed by atoms with E-state index in [-0.39, 0.29) is 6.54 Å². The van der Waals surface area contributed by atoms with Gasteiger partial charge in [0, 0.05) is 11.4 Å². The number of hydrogen-bond acceptors (Lipinski definition) is 4. The van der Waals surface area contributed by atoms with Crippen LogP contribution < -0.4 is 0 Å². The minimum atomic E-state index is -3.53. The van der Waals surface area contributed by atoms with Gasteiger partial charge in [-0.25, -0.2) is 8.42 Å². The van der Waals surface area contributed by atoms with Crippen molar-refractivity contribution in [2.24, 2.45) is 0 Å². The normalized spacial score (nSPS) is 13.9. The van der Waals surface area contributed by atoms with Gasteiger partial charge in [-0.15, -0.1) is 11.3 Å². The van der Waals surface area contributed by atoms with Crippen molar-refractivity contribution >= 4 is 27.3 Å². The Bertz CT molecular complexity index is 452. The Balaban J connectivity index is 2.93. The van der Waals surface area contributed by atoms with Crippen molar-refractivity contribution < 1.29 is 18.3 Å². The van der Waals surface area contributed by atoms with Gasteiger partial charge in [-0.3, -0.25) is 4.79 Å². The molecule has 1 rings (SSSR count). The second-order valence-corrected chi connectivity index (χ2v) is 6.37. The van der Waals surface area contributed by atoms with Crippen molar-refractivity contribution in [3.05, 3.63) is 22.4 Å². The fourth-order valence-electron chi connectivity index (χ4n) is 1.22. The lowest BCUT2D eigenvalue weighted by molar-refractivity contribution is -0.141. The molecule has 1 heterocycles. The molecule has 0 aliphatic rings. The van der Waals surface area contributed by atoms with E-state index in [4.69, 9.17) is 5.11 Å². The molecule has 1 N–H and O–H groups in total. The molecule has 7 heteroatoms. The largest absolute Gasteiger partial charge is 0.480 e. The van der Waals surface area contributed by atoms with E-state index >= 15 is 0 Å². The van der Waals surface area contributed by atoms with Crippen molar-refractivity contribution in [1.82, 2.24) is 4.31 Å². The van der Waals surface area contributed by atoms with E-state index in [1.807, 2.05) is 5.38 Å². The SMILES string of the molecule is CC(C(=O)O)N(Cc1cccs1)S(C)(=O)=O. The number of hydrogen-bond donors (Lipinski definition) is 1. The molecule has 16 heavy (non-hydrogen) atoms. The van der Waals surface area contributed by atoms with E-state index in [0.717, 1.165) is 15.4 Å². The van der Waals surface area contributed by atoms with E-state index in [1.54, 1.807) is 12.1 Å². The highest BCUT2D eigenvalue weighted by molar-refractivity contribution is 7.88. The van der Waals surface area contributed by atoms with Gasteiger partial charge in [-0.2, -0.15) is 4.31 Å². The second-order valence-electron chi connectivity index (χ2n) is 3.40. The molecule has 0 radical (unpaired) electrons. The first kappa shape index (κ1) is 13.1. The summed E-state index contributed by atoms with van der Waals surface area (Å²) in [4.78, 5) is 11.6. The highest BCUT2D eigenvalue weighted by atomic mass is 32.2. The fraction of sp³-hybridized carbons (Fsp3) is 0.444. The molecule has 0 aliphatic carbocycles. The molecule has 0 fully saturated rings. The lowest BCUT2D eigenvalue weighted by Crippen LogP contribution is -2.41. The van der Waals surface area contributed by atoms with E-state index in [9.17, 15) is 13.2 Å². The molecule has 0 spiro atoms.